The van der Waals surface area contributed by atoms with Gasteiger partial charge in [0.15, 0.2) is 0 Å². The molecule has 2 aromatic carbocycles. The van der Waals surface area contributed by atoms with Crippen LogP contribution >= 0.6 is 45.7 Å². The Morgan fingerprint density at radius 1 is 1.00 bits per heavy atom. The minimum atomic E-state index is 1.35. The van der Waals surface area contributed by atoms with E-state index in [9.17, 15) is 0 Å². The van der Waals surface area contributed by atoms with E-state index < -0.39 is 0 Å². The Bertz CT molecular complexity index is 701. The lowest BCUT2D eigenvalue weighted by molar-refractivity contribution is 1.47. The molecule has 0 aliphatic rings. The summed E-state index contributed by atoms with van der Waals surface area (Å²) in [4.78, 5) is 2.74. The van der Waals surface area contributed by atoms with E-state index >= 15 is 0 Å². The molecule has 0 nitrogen and oxygen atoms in total. The largest absolute Gasteiger partial charge is 0.134 e. The maximum absolute atomic E-state index is 2.47. The molecule has 1 heterocycles. The van der Waals surface area contributed by atoms with E-state index in [1.807, 2.05) is 23.1 Å². The molecule has 3 aromatic rings. The zero-order chi connectivity index (χ0) is 12.5. The molecule has 3 rings (SSSR count). The molecule has 0 spiro atoms. The lowest BCUT2D eigenvalue weighted by atomic mass is 10.1. The second kappa shape index (κ2) is 5.23. The third-order valence-corrected chi connectivity index (χ3v) is 6.37. The second-order valence-electron chi connectivity index (χ2n) is 3.94. The summed E-state index contributed by atoms with van der Waals surface area (Å²) >= 11 is 6.17. The Morgan fingerprint density at radius 2 is 1.72 bits per heavy atom. The summed E-state index contributed by atoms with van der Waals surface area (Å²) in [6.45, 7) is 0. The van der Waals surface area contributed by atoms with Crippen molar-refractivity contribution in [2.75, 3.05) is 6.26 Å². The van der Waals surface area contributed by atoms with Crippen LogP contribution in [0.25, 0.3) is 20.5 Å². The highest BCUT2D eigenvalue weighted by Crippen LogP contribution is 2.42. The van der Waals surface area contributed by atoms with Crippen molar-refractivity contribution in [1.29, 1.82) is 0 Å². The van der Waals surface area contributed by atoms with Gasteiger partial charge in [-0.1, -0.05) is 36.4 Å². The number of hydrogen-bond donors (Lipinski definition) is 0. The third-order valence-electron chi connectivity index (χ3n) is 2.89. The molecule has 1 aromatic heterocycles. The molecule has 0 unspecified atom stereocenters. The predicted octanol–water partition coefficient (Wildman–Crippen LogP) is 5.89. The monoisotopic (exact) mass is 382 g/mol. The topological polar surface area (TPSA) is 0 Å². The Balaban J connectivity index is 2.28. The molecule has 3 heteroatoms. The van der Waals surface area contributed by atoms with Crippen molar-refractivity contribution in [2.24, 2.45) is 0 Å². The van der Waals surface area contributed by atoms with Crippen molar-refractivity contribution in [1.82, 2.24) is 0 Å². The SMILES string of the molecule is CSc1ccccc1-c1sc2ccccc2c1I. The van der Waals surface area contributed by atoms with Crippen molar-refractivity contribution in [2.45, 2.75) is 4.90 Å². The third kappa shape index (κ3) is 2.08. The van der Waals surface area contributed by atoms with Crippen LogP contribution in [0.5, 0.6) is 0 Å². The lowest BCUT2D eigenvalue weighted by Gasteiger charge is -2.05. The molecule has 0 radical (unpaired) electrons. The summed E-state index contributed by atoms with van der Waals surface area (Å²) in [7, 11) is 0. The van der Waals surface area contributed by atoms with Crippen LogP contribution in [0.3, 0.4) is 0 Å². The summed E-state index contributed by atoms with van der Waals surface area (Å²) in [6, 6.07) is 17.3. The zero-order valence-corrected chi connectivity index (χ0v) is 13.6. The number of benzene rings is 2. The first-order chi connectivity index (χ1) is 8.81. The van der Waals surface area contributed by atoms with Gasteiger partial charge in [-0.2, -0.15) is 0 Å². The Hall–Kier alpha value is -0.520. The van der Waals surface area contributed by atoms with E-state index in [4.69, 9.17) is 0 Å². The number of fused-ring (bicyclic) bond motifs is 1. The fraction of sp³-hybridized carbons (Fsp3) is 0.0667. The fourth-order valence-electron chi connectivity index (χ4n) is 2.02. The number of halogens is 1. The van der Waals surface area contributed by atoms with Gasteiger partial charge in [0.05, 0.1) is 0 Å². The minimum Gasteiger partial charge on any atom is -0.134 e. The molecular formula is C15H11IS2. The van der Waals surface area contributed by atoms with Gasteiger partial charge in [-0.3, -0.25) is 0 Å². The van der Waals surface area contributed by atoms with Gasteiger partial charge in [-0.05, 0) is 41.0 Å². The van der Waals surface area contributed by atoms with E-state index in [-0.39, 0.29) is 0 Å². The van der Waals surface area contributed by atoms with Crippen molar-refractivity contribution in [3.63, 3.8) is 0 Å². The fourth-order valence-corrected chi connectivity index (χ4v) is 5.10. The molecule has 0 aliphatic carbocycles. The molecule has 90 valence electrons. The highest BCUT2D eigenvalue weighted by molar-refractivity contribution is 14.1. The van der Waals surface area contributed by atoms with Crippen LogP contribution in [0.15, 0.2) is 53.4 Å². The Kier molecular flexibility index (Phi) is 3.63. The molecule has 18 heavy (non-hydrogen) atoms. The van der Waals surface area contributed by atoms with Crippen molar-refractivity contribution >= 4 is 55.8 Å². The van der Waals surface area contributed by atoms with Crippen LogP contribution in [0.2, 0.25) is 0 Å². The second-order valence-corrected chi connectivity index (χ2v) is 6.92. The summed E-state index contributed by atoms with van der Waals surface area (Å²) in [6.07, 6.45) is 2.14. The maximum atomic E-state index is 2.47. The van der Waals surface area contributed by atoms with Crippen molar-refractivity contribution < 1.29 is 0 Å². The first-order valence-corrected chi connectivity index (χ1v) is 8.73. The molecule has 0 amide bonds. The molecule has 0 N–H and O–H groups in total. The van der Waals surface area contributed by atoms with E-state index in [0.29, 0.717) is 0 Å². The van der Waals surface area contributed by atoms with Crippen LogP contribution < -0.4 is 0 Å². The predicted molar refractivity (Wildman–Crippen MR) is 91.8 cm³/mol. The van der Waals surface area contributed by atoms with Gasteiger partial charge in [0.2, 0.25) is 0 Å². The molecule has 0 aliphatic heterocycles. The van der Waals surface area contributed by atoms with Gasteiger partial charge in [0.1, 0.15) is 0 Å². The highest BCUT2D eigenvalue weighted by atomic mass is 127. The van der Waals surface area contributed by atoms with E-state index in [1.54, 1.807) is 0 Å². The van der Waals surface area contributed by atoms with E-state index in [2.05, 4.69) is 77.4 Å². The Morgan fingerprint density at radius 3 is 2.50 bits per heavy atom. The molecule has 0 atom stereocenters. The zero-order valence-electron chi connectivity index (χ0n) is 9.81. The van der Waals surface area contributed by atoms with Crippen LogP contribution in [0, 0.1) is 3.57 Å². The minimum absolute atomic E-state index is 1.35. The summed E-state index contributed by atoms with van der Waals surface area (Å²) < 4.78 is 2.74. The highest BCUT2D eigenvalue weighted by Gasteiger charge is 2.13. The number of rotatable bonds is 2. The average Bonchev–Trinajstić information content (AvgIpc) is 2.76. The smallest absolute Gasteiger partial charge is 0.0500 e. The van der Waals surface area contributed by atoms with Gasteiger partial charge in [0.25, 0.3) is 0 Å². The van der Waals surface area contributed by atoms with Gasteiger partial charge in [0, 0.05) is 29.0 Å². The molecule has 0 saturated heterocycles. The Labute approximate surface area is 129 Å². The van der Waals surface area contributed by atoms with Crippen molar-refractivity contribution in [3.8, 4) is 10.4 Å². The van der Waals surface area contributed by atoms with Crippen LogP contribution in [0.1, 0.15) is 0 Å². The van der Waals surface area contributed by atoms with Gasteiger partial charge in [-0.25, -0.2) is 0 Å². The van der Waals surface area contributed by atoms with E-state index in [0.717, 1.165) is 0 Å². The van der Waals surface area contributed by atoms with Crippen LogP contribution in [-0.4, -0.2) is 6.26 Å². The summed E-state index contributed by atoms with van der Waals surface area (Å²) in [5.41, 5.74) is 1.36. The first-order valence-electron chi connectivity index (χ1n) is 5.61. The normalized spacial score (nSPS) is 11.0. The average molecular weight is 382 g/mol. The van der Waals surface area contributed by atoms with Gasteiger partial charge >= 0.3 is 0 Å². The number of hydrogen-bond acceptors (Lipinski definition) is 2. The van der Waals surface area contributed by atoms with Crippen LogP contribution in [-0.2, 0) is 0 Å². The molecule has 0 bridgehead atoms. The molecule has 0 saturated carbocycles. The maximum Gasteiger partial charge on any atom is 0.0500 e. The quantitative estimate of drug-likeness (QED) is 0.393. The molecule has 0 fully saturated rings. The van der Waals surface area contributed by atoms with Gasteiger partial charge < -0.3 is 0 Å². The summed E-state index contributed by atoms with van der Waals surface area (Å²) in [5.74, 6) is 0. The van der Waals surface area contributed by atoms with Crippen LogP contribution in [0.4, 0.5) is 0 Å². The van der Waals surface area contributed by atoms with Gasteiger partial charge in [-0.15, -0.1) is 23.1 Å². The standard InChI is InChI=1S/C15H11IS2/c1-17-12-8-4-3-7-11(12)15-14(16)10-6-2-5-9-13(10)18-15/h2-9H,1H3. The number of thioether (sulfide) groups is 1. The first kappa shape index (κ1) is 12.5. The summed E-state index contributed by atoms with van der Waals surface area (Å²) in [5, 5.41) is 1.37. The number of thiophene rings is 1. The lowest BCUT2D eigenvalue weighted by Crippen LogP contribution is -1.80. The van der Waals surface area contributed by atoms with Crippen molar-refractivity contribution in [3.05, 3.63) is 52.1 Å². The molecular weight excluding hydrogens is 371 g/mol. The van der Waals surface area contributed by atoms with E-state index in [1.165, 1.54) is 29.0 Å².